The SMILES string of the molecule is CC/C=C\C/C=C\C/C=C\C/C=C\C/C=C\C/C=C\C/C=C\C/C=C\C/C=C\CCCCCC(=O)OC(COC(=O)CCCCCCC)COC(OCC[N+](C)(C)C)C(=O)O. The average Bonchev–Trinajstić information content (AvgIpc) is 3.22. The van der Waals surface area contributed by atoms with Gasteiger partial charge in [0.05, 0.1) is 34.4 Å². The number of likely N-dealkylation sites (N-methyl/N-ethyl adjacent to an activating group) is 1. The van der Waals surface area contributed by atoms with Crippen molar-refractivity contribution in [3.63, 3.8) is 0 Å². The normalized spacial score (nSPS) is 13.9. The maximum atomic E-state index is 12.7. The molecule has 344 valence electrons. The summed E-state index contributed by atoms with van der Waals surface area (Å²) in [6.07, 6.45) is 54.9. The number of ether oxygens (including phenoxy) is 4. The van der Waals surface area contributed by atoms with Gasteiger partial charge in [0, 0.05) is 12.8 Å². The Morgan fingerprint density at radius 3 is 1.38 bits per heavy atom. The molecule has 0 heterocycles. The van der Waals surface area contributed by atoms with E-state index < -0.39 is 24.3 Å². The first-order valence-corrected chi connectivity index (χ1v) is 23.1. The van der Waals surface area contributed by atoms with Gasteiger partial charge in [0.1, 0.15) is 13.2 Å². The second kappa shape index (κ2) is 42.6. The highest BCUT2D eigenvalue weighted by atomic mass is 16.7. The van der Waals surface area contributed by atoms with Gasteiger partial charge in [-0.1, -0.05) is 155 Å². The van der Waals surface area contributed by atoms with E-state index >= 15 is 0 Å². The summed E-state index contributed by atoms with van der Waals surface area (Å²) in [4.78, 5) is 36.7. The third-order valence-electron chi connectivity index (χ3n) is 9.04. The highest BCUT2D eigenvalue weighted by Crippen LogP contribution is 2.11. The van der Waals surface area contributed by atoms with E-state index in [0.717, 1.165) is 109 Å². The summed E-state index contributed by atoms with van der Waals surface area (Å²) >= 11 is 0. The van der Waals surface area contributed by atoms with E-state index in [1.54, 1.807) is 0 Å². The van der Waals surface area contributed by atoms with Gasteiger partial charge < -0.3 is 28.5 Å². The number of carboxylic acid groups (broad SMARTS) is 1. The van der Waals surface area contributed by atoms with Gasteiger partial charge >= 0.3 is 17.9 Å². The van der Waals surface area contributed by atoms with E-state index in [4.69, 9.17) is 18.9 Å². The number of hydrogen-bond donors (Lipinski definition) is 1. The molecular formula is C52H84NO8+. The van der Waals surface area contributed by atoms with Crippen molar-refractivity contribution in [2.75, 3.05) is 47.5 Å². The van der Waals surface area contributed by atoms with Crippen LogP contribution < -0.4 is 0 Å². The molecule has 1 N–H and O–H groups in total. The number of carbonyl (C=O) groups excluding carboxylic acids is 2. The Morgan fingerprint density at radius 2 is 0.934 bits per heavy atom. The molecule has 2 atom stereocenters. The van der Waals surface area contributed by atoms with E-state index in [9.17, 15) is 19.5 Å². The molecule has 2 unspecified atom stereocenters. The van der Waals surface area contributed by atoms with Crippen LogP contribution >= 0.6 is 0 Å². The molecule has 9 nitrogen and oxygen atoms in total. The van der Waals surface area contributed by atoms with Crippen molar-refractivity contribution in [1.29, 1.82) is 0 Å². The lowest BCUT2D eigenvalue weighted by atomic mass is 10.1. The van der Waals surface area contributed by atoms with Gasteiger partial charge in [-0.15, -0.1) is 0 Å². The second-order valence-corrected chi connectivity index (χ2v) is 16.0. The smallest absolute Gasteiger partial charge is 0.361 e. The maximum absolute atomic E-state index is 12.7. The third kappa shape index (κ3) is 43.8. The fourth-order valence-electron chi connectivity index (χ4n) is 5.47. The zero-order chi connectivity index (χ0) is 44.9. The lowest BCUT2D eigenvalue weighted by molar-refractivity contribution is -0.870. The summed E-state index contributed by atoms with van der Waals surface area (Å²) in [5, 5.41) is 9.58. The lowest BCUT2D eigenvalue weighted by Gasteiger charge is -2.25. The van der Waals surface area contributed by atoms with E-state index in [1.807, 2.05) is 21.1 Å². The topological polar surface area (TPSA) is 108 Å². The molecule has 61 heavy (non-hydrogen) atoms. The minimum atomic E-state index is -1.52. The zero-order valence-electron chi connectivity index (χ0n) is 38.8. The second-order valence-electron chi connectivity index (χ2n) is 16.0. The van der Waals surface area contributed by atoms with Crippen LogP contribution in [0.25, 0.3) is 0 Å². The number of unbranched alkanes of at least 4 members (excludes halogenated alkanes) is 7. The monoisotopic (exact) mass is 851 g/mol. The van der Waals surface area contributed by atoms with E-state index in [0.29, 0.717) is 17.4 Å². The number of nitrogens with zero attached hydrogens (tertiary/aromatic N) is 1. The number of aliphatic carboxylic acids is 1. The number of quaternary nitrogens is 1. The standard InChI is InChI=1S/C52H83NO8/c1-6-8-10-12-13-14-15-16-17-18-19-20-21-22-23-24-25-26-27-28-29-30-31-32-33-34-35-36-37-39-41-43-50(55)61-48(46-59-49(54)42-40-38-11-9-7-2)47-60-52(51(56)57)58-45-44-53(3,4)5/h8,10,13-14,16-17,19-20,22-23,25-26,28-29,31-32,34-35,48,52H,6-7,9,11-12,15,18,21,24,27,30,33,36-47H2,1-5H3/p+1/b10-8-,14-13-,17-16-,20-19-,23-22-,26-25-,29-28-,32-31-,35-34-. The van der Waals surface area contributed by atoms with Gasteiger partial charge in [-0.3, -0.25) is 9.59 Å². The summed E-state index contributed by atoms with van der Waals surface area (Å²) < 4.78 is 22.5. The zero-order valence-corrected chi connectivity index (χ0v) is 38.8. The minimum Gasteiger partial charge on any atom is -0.477 e. The van der Waals surface area contributed by atoms with Gasteiger partial charge in [-0.05, 0) is 83.5 Å². The molecular weight excluding hydrogens is 767 g/mol. The number of carboxylic acids is 1. The molecule has 0 aromatic carbocycles. The van der Waals surface area contributed by atoms with Gasteiger partial charge in [0.15, 0.2) is 6.10 Å². The molecule has 0 amide bonds. The Hall–Kier alpha value is -4.05. The highest BCUT2D eigenvalue weighted by Gasteiger charge is 2.25. The first kappa shape index (κ1) is 57.0. The van der Waals surface area contributed by atoms with Crippen LogP contribution in [0.1, 0.15) is 142 Å². The van der Waals surface area contributed by atoms with Crippen LogP contribution in [0.2, 0.25) is 0 Å². The quantitative estimate of drug-likeness (QED) is 0.0213. The molecule has 0 aromatic heterocycles. The van der Waals surface area contributed by atoms with Crippen molar-refractivity contribution >= 4 is 17.9 Å². The van der Waals surface area contributed by atoms with Crippen molar-refractivity contribution < 1.29 is 42.9 Å². The van der Waals surface area contributed by atoms with E-state index in [2.05, 4.69) is 123 Å². The van der Waals surface area contributed by atoms with E-state index in [-0.39, 0.29) is 38.6 Å². The first-order chi connectivity index (χ1) is 29.6. The molecule has 0 aliphatic heterocycles. The Bertz CT molecular complexity index is 1360. The third-order valence-corrected chi connectivity index (χ3v) is 9.04. The van der Waals surface area contributed by atoms with Gasteiger partial charge in [-0.2, -0.15) is 0 Å². The first-order valence-electron chi connectivity index (χ1n) is 23.1. The fourth-order valence-corrected chi connectivity index (χ4v) is 5.47. The molecule has 0 radical (unpaired) electrons. The van der Waals surface area contributed by atoms with Crippen LogP contribution in [0, 0.1) is 0 Å². The Balaban J connectivity index is 4.26. The Kier molecular flexibility index (Phi) is 39.8. The Labute approximate surface area is 371 Å². The maximum Gasteiger partial charge on any atom is 0.361 e. The molecule has 0 aliphatic rings. The number of allylic oxidation sites excluding steroid dienone is 18. The summed E-state index contributed by atoms with van der Waals surface area (Å²) in [5.41, 5.74) is 0. The van der Waals surface area contributed by atoms with Crippen molar-refractivity contribution in [3.05, 3.63) is 109 Å². The van der Waals surface area contributed by atoms with Crippen molar-refractivity contribution in [2.24, 2.45) is 0 Å². The molecule has 0 saturated carbocycles. The number of carbonyl (C=O) groups is 3. The largest absolute Gasteiger partial charge is 0.477 e. The van der Waals surface area contributed by atoms with Crippen LogP contribution in [0.5, 0.6) is 0 Å². The van der Waals surface area contributed by atoms with Gasteiger partial charge in [0.2, 0.25) is 0 Å². The van der Waals surface area contributed by atoms with Crippen LogP contribution in [0.4, 0.5) is 0 Å². The summed E-state index contributed by atoms with van der Waals surface area (Å²) in [7, 11) is 5.92. The number of rotatable bonds is 40. The predicted molar refractivity (Wildman–Crippen MR) is 253 cm³/mol. The van der Waals surface area contributed by atoms with Crippen LogP contribution in [-0.2, 0) is 33.3 Å². The molecule has 0 saturated heterocycles. The van der Waals surface area contributed by atoms with Crippen molar-refractivity contribution in [1.82, 2.24) is 0 Å². The molecule has 9 heteroatoms. The fraction of sp³-hybridized carbons (Fsp3) is 0.596. The molecule has 0 rings (SSSR count). The number of esters is 2. The van der Waals surface area contributed by atoms with Gasteiger partial charge in [0.25, 0.3) is 6.29 Å². The molecule has 0 fully saturated rings. The van der Waals surface area contributed by atoms with Crippen molar-refractivity contribution in [3.8, 4) is 0 Å². The molecule has 0 aliphatic carbocycles. The number of hydrogen-bond acceptors (Lipinski definition) is 7. The average molecular weight is 851 g/mol. The molecule has 0 spiro atoms. The van der Waals surface area contributed by atoms with Crippen molar-refractivity contribution in [2.45, 2.75) is 155 Å². The summed E-state index contributed by atoms with van der Waals surface area (Å²) in [6, 6.07) is 0. The lowest BCUT2D eigenvalue weighted by Crippen LogP contribution is -2.40. The summed E-state index contributed by atoms with van der Waals surface area (Å²) in [6.45, 7) is 4.58. The van der Waals surface area contributed by atoms with Crippen LogP contribution in [-0.4, -0.2) is 87.4 Å². The van der Waals surface area contributed by atoms with E-state index in [1.165, 1.54) is 0 Å². The highest BCUT2D eigenvalue weighted by molar-refractivity contribution is 5.71. The van der Waals surface area contributed by atoms with Crippen LogP contribution in [0.3, 0.4) is 0 Å². The minimum absolute atomic E-state index is 0.175. The molecule has 0 aromatic rings. The van der Waals surface area contributed by atoms with Gasteiger partial charge in [-0.25, -0.2) is 4.79 Å². The predicted octanol–water partition coefficient (Wildman–Crippen LogP) is 12.4. The Morgan fingerprint density at radius 1 is 0.508 bits per heavy atom. The molecule has 0 bridgehead atoms. The van der Waals surface area contributed by atoms with Crippen LogP contribution in [0.15, 0.2) is 109 Å². The summed E-state index contributed by atoms with van der Waals surface area (Å²) in [5.74, 6) is -2.09.